The Bertz CT molecular complexity index is 1470. The normalized spacial score (nSPS) is 13.1. The number of nitrogens with one attached hydrogen (secondary N) is 2. The second-order valence-corrected chi connectivity index (χ2v) is 8.92. The summed E-state index contributed by atoms with van der Waals surface area (Å²) in [6, 6.07) is 13.0. The molecule has 182 valence electrons. The van der Waals surface area contributed by atoms with Gasteiger partial charge in [-0.2, -0.15) is 4.98 Å². The van der Waals surface area contributed by atoms with Gasteiger partial charge < -0.3 is 14.6 Å². The number of amides is 1. The van der Waals surface area contributed by atoms with E-state index in [-0.39, 0.29) is 16.4 Å². The molecule has 1 amide bonds. The second kappa shape index (κ2) is 9.88. The highest BCUT2D eigenvalue weighted by molar-refractivity contribution is 7.80. The molecule has 0 aliphatic carbocycles. The van der Waals surface area contributed by atoms with Gasteiger partial charge in [-0.05, 0) is 67.5 Å². The second-order valence-electron chi connectivity index (χ2n) is 8.10. The van der Waals surface area contributed by atoms with Crippen LogP contribution in [-0.2, 0) is 0 Å². The van der Waals surface area contributed by atoms with Crippen molar-refractivity contribution < 1.29 is 14.1 Å². The Labute approximate surface area is 215 Å². The van der Waals surface area contributed by atoms with Crippen LogP contribution in [0.2, 0.25) is 5.02 Å². The predicted molar refractivity (Wildman–Crippen MR) is 140 cm³/mol. The molecule has 3 heterocycles. The lowest BCUT2D eigenvalue weighted by atomic mass is 10.1. The molecule has 2 aromatic carbocycles. The van der Waals surface area contributed by atoms with Gasteiger partial charge in [0.05, 0.1) is 15.6 Å². The van der Waals surface area contributed by atoms with Crippen LogP contribution in [0.1, 0.15) is 23.2 Å². The smallest absolute Gasteiger partial charge is 0.293 e. The quantitative estimate of drug-likeness (QED) is 0.207. The van der Waals surface area contributed by atoms with E-state index in [4.69, 9.17) is 28.2 Å². The lowest BCUT2D eigenvalue weighted by Crippen LogP contribution is -2.34. The molecule has 0 unspecified atom stereocenters. The van der Waals surface area contributed by atoms with E-state index in [2.05, 4.69) is 20.6 Å². The Hall–Kier alpha value is -4.09. The number of aromatic nitrogens is 2. The van der Waals surface area contributed by atoms with Crippen molar-refractivity contribution in [3.05, 3.63) is 75.4 Å². The van der Waals surface area contributed by atoms with E-state index in [0.717, 1.165) is 25.9 Å². The van der Waals surface area contributed by atoms with E-state index in [1.807, 2.05) is 4.90 Å². The fourth-order valence-electron chi connectivity index (χ4n) is 4.01. The Morgan fingerprint density at radius 3 is 2.72 bits per heavy atom. The zero-order valence-corrected chi connectivity index (χ0v) is 20.3. The summed E-state index contributed by atoms with van der Waals surface area (Å²) in [6.07, 6.45) is 3.58. The Balaban J connectivity index is 1.32. The molecule has 0 bridgehead atoms. The van der Waals surface area contributed by atoms with Crippen LogP contribution in [-0.4, -0.2) is 39.0 Å². The number of benzene rings is 2. The zero-order chi connectivity index (χ0) is 25.2. The summed E-state index contributed by atoms with van der Waals surface area (Å²) < 4.78 is 5.75. The molecule has 4 aromatic rings. The number of anilines is 2. The van der Waals surface area contributed by atoms with Gasteiger partial charge in [0.15, 0.2) is 16.3 Å². The van der Waals surface area contributed by atoms with Gasteiger partial charge in [-0.1, -0.05) is 11.6 Å². The van der Waals surface area contributed by atoms with Crippen molar-refractivity contribution in [1.82, 2.24) is 15.3 Å². The Morgan fingerprint density at radius 1 is 1.17 bits per heavy atom. The lowest BCUT2D eigenvalue weighted by Gasteiger charge is -2.18. The number of nitro benzene ring substituents is 1. The van der Waals surface area contributed by atoms with Crippen LogP contribution < -0.4 is 15.5 Å². The van der Waals surface area contributed by atoms with Gasteiger partial charge in [-0.3, -0.25) is 20.2 Å². The number of fused-ring (bicyclic) bond motifs is 1. The number of carbonyl (C=O) groups excluding carboxylic acids is 1. The van der Waals surface area contributed by atoms with Crippen molar-refractivity contribution in [1.29, 1.82) is 0 Å². The first-order valence-corrected chi connectivity index (χ1v) is 11.8. The van der Waals surface area contributed by atoms with Crippen LogP contribution in [0.15, 0.2) is 59.1 Å². The molecule has 1 fully saturated rings. The molecule has 5 rings (SSSR count). The van der Waals surface area contributed by atoms with Crippen LogP contribution in [0.3, 0.4) is 0 Å². The van der Waals surface area contributed by atoms with Gasteiger partial charge in [-0.15, -0.1) is 0 Å². The van der Waals surface area contributed by atoms with Crippen molar-refractivity contribution in [3.8, 4) is 11.5 Å². The fraction of sp³-hybridized carbons (Fsp3) is 0.167. The Kier molecular flexibility index (Phi) is 6.49. The van der Waals surface area contributed by atoms with Crippen LogP contribution in [0.5, 0.6) is 0 Å². The number of oxazole rings is 1. The molecular weight excluding hydrogens is 504 g/mol. The van der Waals surface area contributed by atoms with Crippen molar-refractivity contribution in [2.24, 2.45) is 0 Å². The van der Waals surface area contributed by atoms with E-state index < -0.39 is 10.8 Å². The van der Waals surface area contributed by atoms with Gasteiger partial charge in [0, 0.05) is 36.5 Å². The van der Waals surface area contributed by atoms with Gasteiger partial charge in [0.2, 0.25) is 5.89 Å². The summed E-state index contributed by atoms with van der Waals surface area (Å²) in [5.41, 5.74) is 2.58. The highest BCUT2D eigenvalue weighted by Gasteiger charge is 2.24. The summed E-state index contributed by atoms with van der Waals surface area (Å²) in [5, 5.41) is 17.4. The first-order chi connectivity index (χ1) is 17.4. The largest absolute Gasteiger partial charge is 0.434 e. The van der Waals surface area contributed by atoms with Crippen molar-refractivity contribution in [3.63, 3.8) is 0 Å². The molecule has 1 aliphatic rings. The third-order valence-electron chi connectivity index (χ3n) is 5.73. The summed E-state index contributed by atoms with van der Waals surface area (Å²) in [4.78, 5) is 34.4. The van der Waals surface area contributed by atoms with Crippen LogP contribution >= 0.6 is 23.8 Å². The number of hydrogen-bond acceptors (Lipinski definition) is 8. The van der Waals surface area contributed by atoms with Crippen molar-refractivity contribution >= 4 is 63.1 Å². The summed E-state index contributed by atoms with van der Waals surface area (Å²) in [6.45, 7) is 1.50. The van der Waals surface area contributed by atoms with E-state index in [1.165, 1.54) is 6.07 Å². The van der Waals surface area contributed by atoms with Gasteiger partial charge in [0.25, 0.3) is 11.6 Å². The fourth-order valence-corrected chi connectivity index (χ4v) is 4.38. The highest BCUT2D eigenvalue weighted by atomic mass is 35.5. The van der Waals surface area contributed by atoms with E-state index in [0.29, 0.717) is 39.1 Å². The molecule has 2 aromatic heterocycles. The maximum atomic E-state index is 12.8. The number of halogens is 1. The number of thiocarbonyl (C=S) groups is 1. The number of rotatable bonds is 5. The van der Waals surface area contributed by atoms with Gasteiger partial charge >= 0.3 is 0 Å². The molecule has 2 N–H and O–H groups in total. The molecule has 0 spiro atoms. The number of pyridine rings is 1. The maximum absolute atomic E-state index is 12.8. The molecule has 0 saturated carbocycles. The third-order valence-corrected chi connectivity index (χ3v) is 6.27. The molecular formula is C24H19ClN6O4S. The van der Waals surface area contributed by atoms with Gasteiger partial charge in [0.1, 0.15) is 5.69 Å². The van der Waals surface area contributed by atoms with E-state index >= 15 is 0 Å². The number of nitrogens with zero attached hydrogens (tertiary/aromatic N) is 4. The standard InChI is InChI=1S/C24H19ClN6O4S/c25-16-7-5-15(23-28-21-20(35-23)4-3-9-26-21)12-17(16)27-24(36)29-22(32)14-6-8-18(19(13-14)31(33)34)30-10-1-2-11-30/h3-9,12-13H,1-2,10-11H2,(H2,27,29,32,36). The minimum absolute atomic E-state index is 0.0236. The predicted octanol–water partition coefficient (Wildman–Crippen LogP) is 5.18. The summed E-state index contributed by atoms with van der Waals surface area (Å²) >= 11 is 11.6. The average molecular weight is 523 g/mol. The van der Waals surface area contributed by atoms with Crippen LogP contribution in [0.4, 0.5) is 17.1 Å². The number of hydrogen-bond donors (Lipinski definition) is 2. The first-order valence-electron chi connectivity index (χ1n) is 11.1. The average Bonchev–Trinajstić information content (AvgIpc) is 3.55. The molecule has 0 radical (unpaired) electrons. The summed E-state index contributed by atoms with van der Waals surface area (Å²) in [7, 11) is 0. The minimum atomic E-state index is -0.583. The molecule has 1 aliphatic heterocycles. The van der Waals surface area contributed by atoms with Gasteiger partial charge in [-0.25, -0.2) is 4.98 Å². The molecule has 12 heteroatoms. The minimum Gasteiger partial charge on any atom is -0.434 e. The molecule has 0 atom stereocenters. The van der Waals surface area contributed by atoms with Crippen LogP contribution in [0.25, 0.3) is 22.7 Å². The van der Waals surface area contributed by atoms with E-state index in [9.17, 15) is 14.9 Å². The Morgan fingerprint density at radius 2 is 1.97 bits per heavy atom. The monoisotopic (exact) mass is 522 g/mol. The highest BCUT2D eigenvalue weighted by Crippen LogP contribution is 2.32. The van der Waals surface area contributed by atoms with Crippen molar-refractivity contribution in [2.45, 2.75) is 12.8 Å². The zero-order valence-electron chi connectivity index (χ0n) is 18.7. The topological polar surface area (TPSA) is 126 Å². The summed E-state index contributed by atoms with van der Waals surface area (Å²) in [5.74, 6) is -0.232. The number of nitro groups is 1. The van der Waals surface area contributed by atoms with Crippen molar-refractivity contribution in [2.75, 3.05) is 23.3 Å². The number of carbonyl (C=O) groups is 1. The van der Waals surface area contributed by atoms with Crippen LogP contribution in [0, 0.1) is 10.1 Å². The molecule has 10 nitrogen and oxygen atoms in total. The third kappa shape index (κ3) is 4.83. The SMILES string of the molecule is O=C(NC(=S)Nc1cc(-c2nc3ncccc3o2)ccc1Cl)c1ccc(N2CCCC2)c([N+](=O)[O-])c1. The molecule has 1 saturated heterocycles. The maximum Gasteiger partial charge on any atom is 0.293 e. The lowest BCUT2D eigenvalue weighted by molar-refractivity contribution is -0.384. The first kappa shape index (κ1) is 23.6. The molecule has 36 heavy (non-hydrogen) atoms. The van der Waals surface area contributed by atoms with E-state index in [1.54, 1.807) is 48.7 Å².